The van der Waals surface area contributed by atoms with E-state index in [1.165, 1.54) is 11.9 Å². The molecule has 1 aromatic carbocycles. The zero-order chi connectivity index (χ0) is 16.9. The van der Waals surface area contributed by atoms with Gasteiger partial charge in [0.15, 0.2) is 6.10 Å². The van der Waals surface area contributed by atoms with Crippen LogP contribution in [0.15, 0.2) is 34.9 Å². The standard InChI is InChI=1S/C15H18F3N3O2/c1-21(10-12(22)15(16,17)18)9-5-8-13-19-14(20-23-13)11-6-3-2-4-7-11/h2-4,6-7,12,22H,5,8-10H2,1H3. The fraction of sp³-hybridized carbons (Fsp3) is 0.467. The second-order valence-electron chi connectivity index (χ2n) is 5.30. The lowest BCUT2D eigenvalue weighted by atomic mass is 10.2. The van der Waals surface area contributed by atoms with Crippen molar-refractivity contribution in [3.8, 4) is 11.4 Å². The van der Waals surface area contributed by atoms with Gasteiger partial charge in [0.25, 0.3) is 0 Å². The fourth-order valence-corrected chi connectivity index (χ4v) is 2.05. The van der Waals surface area contributed by atoms with Crippen LogP contribution >= 0.6 is 0 Å². The number of likely N-dealkylation sites (N-methyl/N-ethyl adjacent to an activating group) is 1. The Labute approximate surface area is 131 Å². The highest BCUT2D eigenvalue weighted by atomic mass is 19.4. The van der Waals surface area contributed by atoms with Gasteiger partial charge in [-0.25, -0.2) is 0 Å². The summed E-state index contributed by atoms with van der Waals surface area (Å²) in [6.07, 6.45) is -5.91. The molecular formula is C15H18F3N3O2. The molecule has 2 aromatic rings. The Morgan fingerprint density at radius 2 is 1.96 bits per heavy atom. The largest absolute Gasteiger partial charge is 0.415 e. The maximum atomic E-state index is 12.3. The number of benzene rings is 1. The van der Waals surface area contributed by atoms with E-state index in [2.05, 4.69) is 10.1 Å². The van der Waals surface area contributed by atoms with E-state index < -0.39 is 18.8 Å². The van der Waals surface area contributed by atoms with Gasteiger partial charge in [-0.15, -0.1) is 0 Å². The van der Waals surface area contributed by atoms with Crippen LogP contribution in [0.4, 0.5) is 13.2 Å². The number of hydrogen-bond donors (Lipinski definition) is 1. The van der Waals surface area contributed by atoms with Gasteiger partial charge in [-0.1, -0.05) is 35.5 Å². The van der Waals surface area contributed by atoms with Crippen molar-refractivity contribution in [3.63, 3.8) is 0 Å². The summed E-state index contributed by atoms with van der Waals surface area (Å²) in [5.41, 5.74) is 0.841. The summed E-state index contributed by atoms with van der Waals surface area (Å²) in [6, 6.07) is 9.34. The number of halogens is 3. The molecule has 0 aliphatic rings. The van der Waals surface area contributed by atoms with Crippen LogP contribution in [0.25, 0.3) is 11.4 Å². The lowest BCUT2D eigenvalue weighted by Crippen LogP contribution is -2.39. The number of aromatic nitrogens is 2. The Balaban J connectivity index is 1.78. The van der Waals surface area contributed by atoms with E-state index in [9.17, 15) is 13.2 Å². The highest BCUT2D eigenvalue weighted by Gasteiger charge is 2.38. The molecule has 0 saturated heterocycles. The summed E-state index contributed by atoms with van der Waals surface area (Å²) < 4.78 is 41.9. The minimum Gasteiger partial charge on any atom is -0.382 e. The molecule has 23 heavy (non-hydrogen) atoms. The molecule has 1 aromatic heterocycles. The highest BCUT2D eigenvalue weighted by molar-refractivity contribution is 5.53. The summed E-state index contributed by atoms with van der Waals surface area (Å²) >= 11 is 0. The van der Waals surface area contributed by atoms with Gasteiger partial charge in [0.2, 0.25) is 11.7 Å². The first-order chi connectivity index (χ1) is 10.9. The summed E-state index contributed by atoms with van der Waals surface area (Å²) in [6.45, 7) is -0.0706. The second kappa shape index (κ2) is 7.56. The average Bonchev–Trinajstić information content (AvgIpc) is 2.96. The third kappa shape index (κ3) is 5.33. The molecule has 0 saturated carbocycles. The van der Waals surface area contributed by atoms with Gasteiger partial charge in [-0.05, 0) is 20.0 Å². The van der Waals surface area contributed by atoms with Crippen molar-refractivity contribution >= 4 is 0 Å². The molecule has 1 unspecified atom stereocenters. The number of alkyl halides is 3. The van der Waals surface area contributed by atoms with Crippen molar-refractivity contribution < 1.29 is 22.8 Å². The molecule has 0 aliphatic carbocycles. The van der Waals surface area contributed by atoms with Crippen molar-refractivity contribution in [3.05, 3.63) is 36.2 Å². The molecule has 1 heterocycles. The van der Waals surface area contributed by atoms with Gasteiger partial charge >= 0.3 is 6.18 Å². The van der Waals surface area contributed by atoms with Crippen molar-refractivity contribution in [1.82, 2.24) is 15.0 Å². The quantitative estimate of drug-likeness (QED) is 0.846. The molecule has 0 aliphatic heterocycles. The lowest BCUT2D eigenvalue weighted by Gasteiger charge is -2.21. The minimum absolute atomic E-state index is 0.385. The SMILES string of the molecule is CN(CCCc1nc(-c2ccccc2)no1)CC(O)C(F)(F)F. The molecule has 0 radical (unpaired) electrons. The molecule has 5 nitrogen and oxygen atoms in total. The number of hydrogen-bond acceptors (Lipinski definition) is 5. The summed E-state index contributed by atoms with van der Waals surface area (Å²) in [4.78, 5) is 5.68. The third-order valence-corrected chi connectivity index (χ3v) is 3.29. The van der Waals surface area contributed by atoms with Gasteiger partial charge < -0.3 is 14.5 Å². The first kappa shape index (κ1) is 17.4. The van der Waals surface area contributed by atoms with Crippen molar-refractivity contribution in [2.24, 2.45) is 0 Å². The van der Waals surface area contributed by atoms with Crippen molar-refractivity contribution in [1.29, 1.82) is 0 Å². The smallest absolute Gasteiger partial charge is 0.382 e. The maximum Gasteiger partial charge on any atom is 0.415 e. The number of nitrogens with zero attached hydrogens (tertiary/aromatic N) is 3. The summed E-state index contributed by atoms with van der Waals surface area (Å²) in [5, 5.41) is 12.9. The van der Waals surface area contributed by atoms with Crippen LogP contribution in [-0.4, -0.2) is 52.6 Å². The van der Waals surface area contributed by atoms with Crippen LogP contribution in [0.5, 0.6) is 0 Å². The molecule has 0 fully saturated rings. The normalized spacial score (nSPS) is 13.5. The Hall–Kier alpha value is -1.93. The zero-order valence-corrected chi connectivity index (χ0v) is 12.6. The molecule has 1 N–H and O–H groups in total. The molecule has 0 spiro atoms. The first-order valence-electron chi connectivity index (χ1n) is 7.17. The summed E-state index contributed by atoms with van der Waals surface area (Å²) in [7, 11) is 1.53. The van der Waals surface area contributed by atoms with Gasteiger partial charge in [0.1, 0.15) is 0 Å². The monoisotopic (exact) mass is 329 g/mol. The second-order valence-corrected chi connectivity index (χ2v) is 5.30. The van der Waals surface area contributed by atoms with E-state index >= 15 is 0 Å². The van der Waals surface area contributed by atoms with Crippen LogP contribution in [-0.2, 0) is 6.42 Å². The van der Waals surface area contributed by atoms with E-state index in [0.717, 1.165) is 5.56 Å². The van der Waals surface area contributed by atoms with E-state index in [-0.39, 0.29) is 0 Å². The van der Waals surface area contributed by atoms with E-state index in [0.29, 0.717) is 31.1 Å². The van der Waals surface area contributed by atoms with E-state index in [1.807, 2.05) is 30.3 Å². The highest BCUT2D eigenvalue weighted by Crippen LogP contribution is 2.20. The zero-order valence-electron chi connectivity index (χ0n) is 12.6. The van der Waals surface area contributed by atoms with Gasteiger partial charge in [0.05, 0.1) is 0 Å². The van der Waals surface area contributed by atoms with Crippen LogP contribution in [0.3, 0.4) is 0 Å². The topological polar surface area (TPSA) is 62.4 Å². The Morgan fingerprint density at radius 3 is 2.61 bits per heavy atom. The molecular weight excluding hydrogens is 311 g/mol. The number of aliphatic hydroxyl groups is 1. The fourth-order valence-electron chi connectivity index (χ4n) is 2.05. The molecule has 126 valence electrons. The van der Waals surface area contributed by atoms with Crippen LogP contribution in [0, 0.1) is 0 Å². The number of aliphatic hydroxyl groups excluding tert-OH is 1. The minimum atomic E-state index is -4.59. The first-order valence-corrected chi connectivity index (χ1v) is 7.17. The molecule has 0 amide bonds. The average molecular weight is 329 g/mol. The number of aryl methyl sites for hydroxylation is 1. The maximum absolute atomic E-state index is 12.3. The predicted molar refractivity (Wildman–Crippen MR) is 77.6 cm³/mol. The summed E-state index contributed by atoms with van der Waals surface area (Å²) in [5.74, 6) is 0.926. The third-order valence-electron chi connectivity index (χ3n) is 3.29. The van der Waals surface area contributed by atoms with Gasteiger partial charge in [0, 0.05) is 18.5 Å². The van der Waals surface area contributed by atoms with Crippen molar-refractivity contribution in [2.45, 2.75) is 25.1 Å². The Kier molecular flexibility index (Phi) is 5.73. The van der Waals surface area contributed by atoms with Gasteiger partial charge in [-0.2, -0.15) is 18.2 Å². The van der Waals surface area contributed by atoms with Gasteiger partial charge in [-0.3, -0.25) is 0 Å². The predicted octanol–water partition coefficient (Wildman–Crippen LogP) is 2.52. The Bertz CT molecular complexity index is 602. The van der Waals surface area contributed by atoms with Crippen LogP contribution in [0.1, 0.15) is 12.3 Å². The van der Waals surface area contributed by atoms with Crippen molar-refractivity contribution in [2.75, 3.05) is 20.1 Å². The number of rotatable bonds is 7. The lowest BCUT2D eigenvalue weighted by molar-refractivity contribution is -0.207. The van der Waals surface area contributed by atoms with Crippen LogP contribution in [0.2, 0.25) is 0 Å². The van der Waals surface area contributed by atoms with Crippen LogP contribution < -0.4 is 0 Å². The van der Waals surface area contributed by atoms with E-state index in [1.54, 1.807) is 0 Å². The molecule has 2 rings (SSSR count). The molecule has 0 bridgehead atoms. The Morgan fingerprint density at radius 1 is 1.26 bits per heavy atom. The molecule has 8 heteroatoms. The molecule has 1 atom stereocenters. The van der Waals surface area contributed by atoms with E-state index in [4.69, 9.17) is 9.63 Å².